The molecule has 0 aromatic heterocycles. The zero-order valence-electron chi connectivity index (χ0n) is 7.01. The van der Waals surface area contributed by atoms with Gasteiger partial charge in [0.05, 0.1) is 6.04 Å². The smallest absolute Gasteiger partial charge is 0.146 e. The highest BCUT2D eigenvalue weighted by atomic mass is 19.1. The van der Waals surface area contributed by atoms with Crippen LogP contribution in [0.25, 0.3) is 0 Å². The Morgan fingerprint density at radius 2 is 2.36 bits per heavy atom. The van der Waals surface area contributed by atoms with Crippen molar-refractivity contribution in [2.75, 3.05) is 13.1 Å². The minimum atomic E-state index is -0.725. The average molecular weight is 159 g/mol. The van der Waals surface area contributed by atoms with Gasteiger partial charge < -0.3 is 0 Å². The number of ketones is 1. The SMILES string of the molecule is CC(=O)[C@@H](C)N1CC[C@H](F)C1. The van der Waals surface area contributed by atoms with Crippen molar-refractivity contribution in [2.24, 2.45) is 0 Å². The normalized spacial score (nSPS) is 28.8. The Balaban J connectivity index is 2.43. The largest absolute Gasteiger partial charge is 0.298 e. The summed E-state index contributed by atoms with van der Waals surface area (Å²) in [5.74, 6) is 0.124. The molecular formula is C8H14FNO. The third-order valence-corrected chi connectivity index (χ3v) is 2.30. The number of nitrogens with zero attached hydrogens (tertiary/aromatic N) is 1. The van der Waals surface area contributed by atoms with Gasteiger partial charge in [-0.05, 0) is 20.3 Å². The van der Waals surface area contributed by atoms with Crippen LogP contribution in [-0.4, -0.2) is 36.0 Å². The standard InChI is InChI=1S/C8H14FNO/c1-6(7(2)11)10-4-3-8(9)5-10/h6,8H,3-5H2,1-2H3/t6-,8+/m1/s1. The van der Waals surface area contributed by atoms with Crippen LogP contribution in [0.1, 0.15) is 20.3 Å². The molecule has 0 N–H and O–H groups in total. The van der Waals surface area contributed by atoms with E-state index in [1.165, 1.54) is 0 Å². The fourth-order valence-corrected chi connectivity index (χ4v) is 1.35. The lowest BCUT2D eigenvalue weighted by atomic mass is 10.2. The van der Waals surface area contributed by atoms with Crippen LogP contribution in [0.4, 0.5) is 4.39 Å². The van der Waals surface area contributed by atoms with Crippen molar-refractivity contribution >= 4 is 5.78 Å². The van der Waals surface area contributed by atoms with E-state index in [9.17, 15) is 9.18 Å². The number of carbonyl (C=O) groups excluding carboxylic acids is 1. The lowest BCUT2D eigenvalue weighted by molar-refractivity contribution is -0.121. The van der Waals surface area contributed by atoms with Gasteiger partial charge in [0.2, 0.25) is 0 Å². The number of likely N-dealkylation sites (tertiary alicyclic amines) is 1. The second-order valence-electron chi connectivity index (χ2n) is 3.17. The van der Waals surface area contributed by atoms with Gasteiger partial charge in [0.1, 0.15) is 12.0 Å². The molecule has 0 aromatic rings. The van der Waals surface area contributed by atoms with Gasteiger partial charge in [0, 0.05) is 13.1 Å². The Morgan fingerprint density at radius 1 is 1.73 bits per heavy atom. The summed E-state index contributed by atoms with van der Waals surface area (Å²) in [5, 5.41) is 0. The lowest BCUT2D eigenvalue weighted by Gasteiger charge is -2.20. The van der Waals surface area contributed by atoms with Crippen LogP contribution in [-0.2, 0) is 4.79 Å². The Hall–Kier alpha value is -0.440. The van der Waals surface area contributed by atoms with Crippen molar-refractivity contribution in [2.45, 2.75) is 32.5 Å². The maximum atomic E-state index is 12.6. The van der Waals surface area contributed by atoms with E-state index in [4.69, 9.17) is 0 Å². The maximum absolute atomic E-state index is 12.6. The van der Waals surface area contributed by atoms with Gasteiger partial charge in [-0.1, -0.05) is 0 Å². The van der Waals surface area contributed by atoms with E-state index in [0.717, 1.165) is 6.54 Å². The summed E-state index contributed by atoms with van der Waals surface area (Å²) in [6, 6.07) is -0.101. The van der Waals surface area contributed by atoms with Gasteiger partial charge in [-0.3, -0.25) is 9.69 Å². The molecule has 0 radical (unpaired) electrons. The zero-order chi connectivity index (χ0) is 8.43. The predicted octanol–water partition coefficient (Wildman–Crippen LogP) is 1.01. The van der Waals surface area contributed by atoms with Crippen LogP contribution in [0.5, 0.6) is 0 Å². The summed E-state index contributed by atoms with van der Waals surface area (Å²) in [5.41, 5.74) is 0. The number of hydrogen-bond acceptors (Lipinski definition) is 2. The lowest BCUT2D eigenvalue weighted by Crippen LogP contribution is -2.36. The quantitative estimate of drug-likeness (QED) is 0.599. The molecule has 64 valence electrons. The van der Waals surface area contributed by atoms with E-state index in [1.807, 2.05) is 11.8 Å². The first kappa shape index (κ1) is 8.65. The molecule has 1 aliphatic rings. The molecule has 0 aromatic carbocycles. The molecule has 2 nitrogen and oxygen atoms in total. The van der Waals surface area contributed by atoms with E-state index in [2.05, 4.69) is 0 Å². The van der Waals surface area contributed by atoms with E-state index < -0.39 is 6.17 Å². The number of rotatable bonds is 2. The molecule has 2 atom stereocenters. The van der Waals surface area contributed by atoms with Crippen LogP contribution in [0.15, 0.2) is 0 Å². The van der Waals surface area contributed by atoms with Gasteiger partial charge in [-0.15, -0.1) is 0 Å². The van der Waals surface area contributed by atoms with Crippen molar-refractivity contribution in [1.82, 2.24) is 4.90 Å². The highest BCUT2D eigenvalue weighted by Gasteiger charge is 2.27. The van der Waals surface area contributed by atoms with Crippen LogP contribution in [0.3, 0.4) is 0 Å². The van der Waals surface area contributed by atoms with Gasteiger partial charge in [0.25, 0.3) is 0 Å². The van der Waals surface area contributed by atoms with E-state index in [-0.39, 0.29) is 11.8 Å². The number of halogens is 1. The Kier molecular flexibility index (Phi) is 2.60. The van der Waals surface area contributed by atoms with Crippen molar-refractivity contribution in [3.8, 4) is 0 Å². The first-order valence-corrected chi connectivity index (χ1v) is 4.00. The molecule has 1 aliphatic heterocycles. The average Bonchev–Trinajstić information content (AvgIpc) is 2.34. The van der Waals surface area contributed by atoms with Crippen LogP contribution >= 0.6 is 0 Å². The summed E-state index contributed by atoms with van der Waals surface area (Å²) in [4.78, 5) is 12.8. The molecule has 1 saturated heterocycles. The zero-order valence-corrected chi connectivity index (χ0v) is 7.01. The highest BCUT2D eigenvalue weighted by Crippen LogP contribution is 2.15. The predicted molar refractivity (Wildman–Crippen MR) is 41.2 cm³/mol. The fourth-order valence-electron chi connectivity index (χ4n) is 1.35. The Labute approximate surface area is 66.4 Å². The van der Waals surface area contributed by atoms with Crippen LogP contribution < -0.4 is 0 Å². The van der Waals surface area contributed by atoms with Crippen molar-refractivity contribution < 1.29 is 9.18 Å². The van der Waals surface area contributed by atoms with Gasteiger partial charge in [0.15, 0.2) is 0 Å². The molecule has 0 unspecified atom stereocenters. The number of Topliss-reactive ketones (excluding diaryl/α,β-unsaturated/α-hetero) is 1. The molecule has 11 heavy (non-hydrogen) atoms. The molecule has 0 amide bonds. The first-order chi connectivity index (χ1) is 5.11. The summed E-state index contributed by atoms with van der Waals surface area (Å²) in [7, 11) is 0. The monoisotopic (exact) mass is 159 g/mol. The third-order valence-electron chi connectivity index (χ3n) is 2.30. The molecule has 0 spiro atoms. The van der Waals surface area contributed by atoms with Gasteiger partial charge in [-0.2, -0.15) is 0 Å². The van der Waals surface area contributed by atoms with Gasteiger partial charge in [-0.25, -0.2) is 4.39 Å². The summed E-state index contributed by atoms with van der Waals surface area (Å²) < 4.78 is 12.6. The molecule has 3 heteroatoms. The summed E-state index contributed by atoms with van der Waals surface area (Å²) >= 11 is 0. The third kappa shape index (κ3) is 1.99. The molecule has 1 rings (SSSR count). The van der Waals surface area contributed by atoms with Crippen molar-refractivity contribution in [3.05, 3.63) is 0 Å². The molecule has 1 fully saturated rings. The number of hydrogen-bond donors (Lipinski definition) is 0. The maximum Gasteiger partial charge on any atom is 0.146 e. The van der Waals surface area contributed by atoms with Crippen LogP contribution in [0.2, 0.25) is 0 Å². The van der Waals surface area contributed by atoms with E-state index >= 15 is 0 Å². The Morgan fingerprint density at radius 3 is 2.73 bits per heavy atom. The minimum Gasteiger partial charge on any atom is -0.298 e. The van der Waals surface area contributed by atoms with Crippen molar-refractivity contribution in [1.29, 1.82) is 0 Å². The molecule has 0 aliphatic carbocycles. The molecule has 0 bridgehead atoms. The summed E-state index contributed by atoms with van der Waals surface area (Å²) in [6.45, 7) is 4.54. The molecular weight excluding hydrogens is 145 g/mol. The van der Waals surface area contributed by atoms with E-state index in [1.54, 1.807) is 6.92 Å². The van der Waals surface area contributed by atoms with Crippen LogP contribution in [0, 0.1) is 0 Å². The van der Waals surface area contributed by atoms with Gasteiger partial charge >= 0.3 is 0 Å². The molecule has 0 saturated carbocycles. The van der Waals surface area contributed by atoms with E-state index in [0.29, 0.717) is 13.0 Å². The first-order valence-electron chi connectivity index (χ1n) is 4.00. The Bertz CT molecular complexity index is 160. The highest BCUT2D eigenvalue weighted by molar-refractivity contribution is 5.80. The number of alkyl halides is 1. The topological polar surface area (TPSA) is 20.3 Å². The second kappa shape index (κ2) is 3.30. The fraction of sp³-hybridized carbons (Fsp3) is 0.875. The van der Waals surface area contributed by atoms with Crippen molar-refractivity contribution in [3.63, 3.8) is 0 Å². The minimum absolute atomic E-state index is 0.101. The second-order valence-corrected chi connectivity index (χ2v) is 3.17. The molecule has 1 heterocycles. The summed E-state index contributed by atoms with van der Waals surface area (Å²) in [6.07, 6.45) is -0.144. The number of carbonyl (C=O) groups is 1.